The molecule has 31 heavy (non-hydrogen) atoms. The van der Waals surface area contributed by atoms with E-state index in [4.69, 9.17) is 9.97 Å². The maximum atomic E-state index is 13.0. The van der Waals surface area contributed by atoms with Gasteiger partial charge < -0.3 is 15.1 Å². The van der Waals surface area contributed by atoms with Crippen LogP contribution in [0.3, 0.4) is 0 Å². The molecule has 3 aromatic heterocycles. The quantitative estimate of drug-likeness (QED) is 0.558. The van der Waals surface area contributed by atoms with Crippen LogP contribution in [0.2, 0.25) is 0 Å². The number of benzene rings is 1. The van der Waals surface area contributed by atoms with Crippen LogP contribution in [0.1, 0.15) is 29.6 Å². The number of pyridine rings is 2. The highest BCUT2D eigenvalue weighted by Gasteiger charge is 2.26. The number of nitrogens with zero attached hydrogens (tertiary/aromatic N) is 5. The van der Waals surface area contributed by atoms with Gasteiger partial charge in [-0.3, -0.25) is 9.20 Å². The molecule has 158 valence electrons. The van der Waals surface area contributed by atoms with E-state index >= 15 is 0 Å². The van der Waals surface area contributed by atoms with Gasteiger partial charge in [0.25, 0.3) is 5.91 Å². The molecule has 1 saturated carbocycles. The first-order valence-electron chi connectivity index (χ1n) is 11.1. The van der Waals surface area contributed by atoms with Crippen LogP contribution in [0.25, 0.3) is 27.7 Å². The van der Waals surface area contributed by atoms with Crippen LogP contribution in [0.15, 0.2) is 42.5 Å². The smallest absolute Gasteiger partial charge is 0.255 e. The highest BCUT2D eigenvalue weighted by molar-refractivity contribution is 6.05. The summed E-state index contributed by atoms with van der Waals surface area (Å²) in [5.41, 5.74) is 3.98. The van der Waals surface area contributed by atoms with Crippen molar-refractivity contribution in [3.63, 3.8) is 0 Å². The molecule has 0 atom stereocenters. The molecule has 6 rings (SSSR count). The predicted molar refractivity (Wildman–Crippen MR) is 123 cm³/mol. The third-order valence-corrected chi connectivity index (χ3v) is 6.40. The number of likely N-dealkylation sites (N-methyl/N-ethyl adjacent to an activating group) is 1. The van der Waals surface area contributed by atoms with Crippen molar-refractivity contribution in [3.05, 3.63) is 48.0 Å². The van der Waals surface area contributed by atoms with Gasteiger partial charge in [-0.2, -0.15) is 0 Å². The molecule has 4 aromatic rings. The molecule has 2 aliphatic rings. The molecule has 0 bridgehead atoms. The number of rotatable bonds is 3. The van der Waals surface area contributed by atoms with Crippen molar-refractivity contribution in [1.29, 1.82) is 0 Å². The Morgan fingerprint density at radius 2 is 1.87 bits per heavy atom. The van der Waals surface area contributed by atoms with E-state index in [2.05, 4.69) is 38.7 Å². The van der Waals surface area contributed by atoms with E-state index in [0.717, 1.165) is 73.3 Å². The third kappa shape index (κ3) is 3.29. The van der Waals surface area contributed by atoms with Gasteiger partial charge in [-0.15, -0.1) is 0 Å². The van der Waals surface area contributed by atoms with Crippen molar-refractivity contribution >= 4 is 39.4 Å². The highest BCUT2D eigenvalue weighted by Crippen LogP contribution is 2.28. The largest absolute Gasteiger partial charge is 0.355 e. The Labute approximate surface area is 180 Å². The summed E-state index contributed by atoms with van der Waals surface area (Å²) in [7, 11) is 2.17. The zero-order valence-corrected chi connectivity index (χ0v) is 17.7. The fourth-order valence-electron chi connectivity index (χ4n) is 4.49. The second kappa shape index (κ2) is 7.20. The van der Waals surface area contributed by atoms with Crippen LogP contribution in [-0.2, 0) is 0 Å². The number of aromatic nitrogens is 3. The molecular formula is C24H26N6O. The second-order valence-corrected chi connectivity index (χ2v) is 8.79. The number of imidazole rings is 1. The molecular weight excluding hydrogens is 388 g/mol. The van der Waals surface area contributed by atoms with Crippen LogP contribution in [0, 0.1) is 0 Å². The van der Waals surface area contributed by atoms with Crippen molar-refractivity contribution in [2.45, 2.75) is 25.3 Å². The van der Waals surface area contributed by atoms with Crippen molar-refractivity contribution in [3.8, 4) is 0 Å². The summed E-state index contributed by atoms with van der Waals surface area (Å²) in [5, 5.41) is 4.07. The summed E-state index contributed by atoms with van der Waals surface area (Å²) in [6.45, 7) is 4.10. The number of anilines is 1. The highest BCUT2D eigenvalue weighted by atomic mass is 16.1. The average Bonchev–Trinajstić information content (AvgIpc) is 3.55. The van der Waals surface area contributed by atoms with Crippen LogP contribution in [0.4, 0.5) is 5.82 Å². The Morgan fingerprint density at radius 3 is 2.74 bits per heavy atom. The maximum Gasteiger partial charge on any atom is 0.255 e. The first kappa shape index (κ1) is 18.6. The lowest BCUT2D eigenvalue weighted by molar-refractivity contribution is 0.0952. The van der Waals surface area contributed by atoms with Gasteiger partial charge in [0.1, 0.15) is 11.5 Å². The van der Waals surface area contributed by atoms with Gasteiger partial charge in [0.2, 0.25) is 0 Å². The van der Waals surface area contributed by atoms with Crippen LogP contribution >= 0.6 is 0 Å². The summed E-state index contributed by atoms with van der Waals surface area (Å²) in [6, 6.07) is 14.4. The van der Waals surface area contributed by atoms with Crippen molar-refractivity contribution < 1.29 is 4.79 Å². The number of fused-ring (bicyclic) bond motifs is 5. The van der Waals surface area contributed by atoms with Crippen LogP contribution in [-0.4, -0.2) is 64.4 Å². The number of nitrogens with one attached hydrogen (secondary N) is 1. The maximum absolute atomic E-state index is 13.0. The molecule has 2 fully saturated rings. The third-order valence-electron chi connectivity index (χ3n) is 6.40. The standard InChI is InChI=1S/C24H26N6O/c1-28-11-4-12-29(14-13-28)21-10-7-16-15-18(24(31)25-17-8-9-17)23-26-19-5-2-3-6-20(19)30(23)22(16)27-21/h2-3,5-7,10,15,17H,4,8-9,11-14H2,1H3,(H,25,31). The van der Waals surface area contributed by atoms with E-state index in [1.54, 1.807) is 0 Å². The van der Waals surface area contributed by atoms with E-state index in [0.29, 0.717) is 17.3 Å². The Hall–Kier alpha value is -3.19. The van der Waals surface area contributed by atoms with Gasteiger partial charge in [-0.25, -0.2) is 9.97 Å². The molecule has 1 saturated heterocycles. The first-order valence-corrected chi connectivity index (χ1v) is 11.1. The first-order chi connectivity index (χ1) is 15.2. The fourth-order valence-corrected chi connectivity index (χ4v) is 4.49. The molecule has 1 aromatic carbocycles. The molecule has 7 nitrogen and oxygen atoms in total. The van der Waals surface area contributed by atoms with Gasteiger partial charge in [0.15, 0.2) is 5.65 Å². The lowest BCUT2D eigenvalue weighted by atomic mass is 10.1. The minimum Gasteiger partial charge on any atom is -0.355 e. The molecule has 1 N–H and O–H groups in total. The molecule has 4 heterocycles. The van der Waals surface area contributed by atoms with Gasteiger partial charge >= 0.3 is 0 Å². The number of carbonyl (C=O) groups excluding carboxylic acids is 1. The minimum absolute atomic E-state index is 0.0515. The Morgan fingerprint density at radius 1 is 1.00 bits per heavy atom. The van der Waals surface area contributed by atoms with Crippen molar-refractivity contribution in [1.82, 2.24) is 24.6 Å². The second-order valence-electron chi connectivity index (χ2n) is 8.79. The SMILES string of the molecule is CN1CCCN(c2ccc3cc(C(=O)NC4CC4)c4nc5ccccc5n4c3n2)CC1. The Kier molecular flexibility index (Phi) is 4.31. The lowest BCUT2D eigenvalue weighted by Crippen LogP contribution is -2.29. The topological polar surface area (TPSA) is 65.8 Å². The number of hydrogen-bond acceptors (Lipinski definition) is 5. The molecule has 1 amide bonds. The summed E-state index contributed by atoms with van der Waals surface area (Å²) >= 11 is 0. The summed E-state index contributed by atoms with van der Waals surface area (Å²) in [5.74, 6) is 0.932. The minimum atomic E-state index is -0.0515. The molecule has 0 unspecified atom stereocenters. The van der Waals surface area contributed by atoms with Crippen molar-refractivity contribution in [2.75, 3.05) is 38.1 Å². The number of amides is 1. The molecule has 0 spiro atoms. The van der Waals surface area contributed by atoms with Crippen LogP contribution in [0.5, 0.6) is 0 Å². The summed E-state index contributed by atoms with van der Waals surface area (Å²) < 4.78 is 2.06. The predicted octanol–water partition coefficient (Wildman–Crippen LogP) is 3.07. The lowest BCUT2D eigenvalue weighted by Gasteiger charge is -2.22. The zero-order chi connectivity index (χ0) is 20.9. The van der Waals surface area contributed by atoms with E-state index in [1.807, 2.05) is 30.3 Å². The average molecular weight is 415 g/mol. The van der Waals surface area contributed by atoms with Gasteiger partial charge in [0, 0.05) is 31.1 Å². The fraction of sp³-hybridized carbons (Fsp3) is 0.375. The summed E-state index contributed by atoms with van der Waals surface area (Å²) in [4.78, 5) is 27.7. The number of carbonyl (C=O) groups is 1. The van der Waals surface area contributed by atoms with Gasteiger partial charge in [-0.1, -0.05) is 12.1 Å². The summed E-state index contributed by atoms with van der Waals surface area (Å²) in [6.07, 6.45) is 3.24. The molecule has 0 radical (unpaired) electrons. The van der Waals surface area contributed by atoms with E-state index in [1.165, 1.54) is 0 Å². The Balaban J connectivity index is 1.55. The van der Waals surface area contributed by atoms with E-state index in [-0.39, 0.29) is 5.91 Å². The van der Waals surface area contributed by atoms with Crippen molar-refractivity contribution in [2.24, 2.45) is 0 Å². The Bertz CT molecular complexity index is 1310. The van der Waals surface area contributed by atoms with E-state index in [9.17, 15) is 4.79 Å². The normalized spacial score (nSPS) is 18.0. The molecule has 7 heteroatoms. The van der Waals surface area contributed by atoms with Crippen LogP contribution < -0.4 is 10.2 Å². The van der Waals surface area contributed by atoms with Gasteiger partial charge in [0.05, 0.1) is 16.6 Å². The monoisotopic (exact) mass is 414 g/mol. The van der Waals surface area contributed by atoms with E-state index < -0.39 is 0 Å². The number of para-hydroxylation sites is 2. The number of hydrogen-bond donors (Lipinski definition) is 1. The zero-order valence-electron chi connectivity index (χ0n) is 17.7. The molecule has 1 aliphatic heterocycles. The molecule has 1 aliphatic carbocycles. The van der Waals surface area contributed by atoms with Gasteiger partial charge in [-0.05, 0) is 63.2 Å².